The van der Waals surface area contributed by atoms with Gasteiger partial charge in [-0.15, -0.1) is 11.8 Å². The second kappa shape index (κ2) is 8.92. The number of carbonyl (C=O) groups is 1. The lowest BCUT2D eigenvalue weighted by Crippen LogP contribution is -2.48. The molecule has 0 spiro atoms. The van der Waals surface area contributed by atoms with Gasteiger partial charge in [-0.2, -0.15) is 0 Å². The highest BCUT2D eigenvalue weighted by molar-refractivity contribution is 7.98. The Morgan fingerprint density at radius 3 is 2.41 bits per heavy atom. The first kappa shape index (κ1) is 20.4. The monoisotopic (exact) mass is 445 g/mol. The van der Waals surface area contributed by atoms with Gasteiger partial charge in [0.05, 0.1) is 5.52 Å². The summed E-state index contributed by atoms with van der Waals surface area (Å²) in [6.45, 7) is 2.22. The fourth-order valence-electron chi connectivity index (χ4n) is 3.77. The van der Waals surface area contributed by atoms with E-state index >= 15 is 0 Å². The third-order valence-electron chi connectivity index (χ3n) is 5.58. The molecule has 8 heteroatoms. The first-order chi connectivity index (χ1) is 15.7. The van der Waals surface area contributed by atoms with Crippen LogP contribution >= 0.6 is 11.8 Å². The number of anilines is 1. The molecular formula is C24H23N5O2S. The Hall–Kier alpha value is -3.52. The number of carboxylic acid groups (broad SMARTS) is 1. The van der Waals surface area contributed by atoms with Crippen LogP contribution in [0.15, 0.2) is 71.6 Å². The summed E-state index contributed by atoms with van der Waals surface area (Å²) in [5, 5.41) is 9.12. The Bertz CT molecular complexity index is 1220. The molecule has 162 valence electrons. The molecule has 1 fully saturated rings. The van der Waals surface area contributed by atoms with Gasteiger partial charge >= 0.3 is 6.09 Å². The minimum absolute atomic E-state index is 0.482. The third kappa shape index (κ3) is 4.40. The predicted molar refractivity (Wildman–Crippen MR) is 127 cm³/mol. The molecule has 1 amide bonds. The largest absolute Gasteiger partial charge is 0.465 e. The normalized spacial score (nSPS) is 14.1. The van der Waals surface area contributed by atoms with Gasteiger partial charge in [0.25, 0.3) is 0 Å². The summed E-state index contributed by atoms with van der Waals surface area (Å²) in [5.74, 6) is 2.56. The number of H-pyrrole nitrogens is 1. The molecule has 32 heavy (non-hydrogen) atoms. The van der Waals surface area contributed by atoms with Gasteiger partial charge in [-0.3, -0.25) is 0 Å². The lowest BCUT2D eigenvalue weighted by molar-refractivity contribution is 0.142. The smallest absolute Gasteiger partial charge is 0.407 e. The number of benzene rings is 2. The molecule has 2 aromatic heterocycles. The second-order valence-electron chi connectivity index (χ2n) is 7.68. The van der Waals surface area contributed by atoms with Crippen molar-refractivity contribution in [1.29, 1.82) is 0 Å². The molecule has 1 saturated heterocycles. The van der Waals surface area contributed by atoms with Crippen LogP contribution in [0.25, 0.3) is 22.6 Å². The van der Waals surface area contributed by atoms with E-state index in [0.29, 0.717) is 31.8 Å². The molecule has 0 atom stereocenters. The van der Waals surface area contributed by atoms with Crippen LogP contribution in [-0.2, 0) is 5.75 Å². The number of pyridine rings is 1. The molecule has 5 rings (SSSR count). The summed E-state index contributed by atoms with van der Waals surface area (Å²) in [6, 6.07) is 22.8. The van der Waals surface area contributed by atoms with Crippen molar-refractivity contribution in [2.45, 2.75) is 10.6 Å². The molecule has 0 unspecified atom stereocenters. The number of aromatic nitrogens is 3. The number of hydrogen-bond donors (Lipinski definition) is 2. The number of thioether (sulfide) groups is 1. The fraction of sp³-hybridized carbons (Fsp3) is 0.208. The van der Waals surface area contributed by atoms with Gasteiger partial charge in [-0.1, -0.05) is 42.5 Å². The second-order valence-corrected chi connectivity index (χ2v) is 8.73. The number of amides is 1. The van der Waals surface area contributed by atoms with Crippen molar-refractivity contribution in [3.8, 4) is 11.4 Å². The minimum Gasteiger partial charge on any atom is -0.465 e. The summed E-state index contributed by atoms with van der Waals surface area (Å²) in [5.41, 5.74) is 3.88. The zero-order chi connectivity index (χ0) is 21.9. The van der Waals surface area contributed by atoms with Crippen molar-refractivity contribution in [3.63, 3.8) is 0 Å². The maximum absolute atomic E-state index is 11.1. The van der Waals surface area contributed by atoms with E-state index < -0.39 is 6.09 Å². The fourth-order valence-corrected chi connectivity index (χ4v) is 4.63. The van der Waals surface area contributed by atoms with Gasteiger partial charge in [-0.25, -0.2) is 14.8 Å². The van der Waals surface area contributed by atoms with Gasteiger partial charge in [0.2, 0.25) is 0 Å². The van der Waals surface area contributed by atoms with Crippen LogP contribution in [0, 0.1) is 0 Å². The van der Waals surface area contributed by atoms with Crippen molar-refractivity contribution < 1.29 is 9.90 Å². The zero-order valence-corrected chi connectivity index (χ0v) is 18.3. The molecule has 4 aromatic rings. The zero-order valence-electron chi connectivity index (χ0n) is 17.4. The number of aromatic amines is 1. The van der Waals surface area contributed by atoms with Crippen molar-refractivity contribution >= 4 is 34.8 Å². The lowest BCUT2D eigenvalue weighted by atomic mass is 10.2. The molecule has 0 aliphatic carbocycles. The van der Waals surface area contributed by atoms with Crippen LogP contribution in [0.5, 0.6) is 0 Å². The molecule has 2 N–H and O–H groups in total. The number of hydrogen-bond acceptors (Lipinski definition) is 5. The Kier molecular flexibility index (Phi) is 5.68. The number of nitrogens with one attached hydrogen (secondary N) is 1. The Morgan fingerprint density at radius 1 is 0.938 bits per heavy atom. The van der Waals surface area contributed by atoms with Gasteiger partial charge in [0.1, 0.15) is 11.6 Å². The topological polar surface area (TPSA) is 85.4 Å². The number of fused-ring (bicyclic) bond motifs is 1. The first-order valence-corrected chi connectivity index (χ1v) is 11.5. The molecule has 3 heterocycles. The molecule has 0 saturated carbocycles. The first-order valence-electron chi connectivity index (χ1n) is 10.5. The number of imidazole rings is 1. The third-order valence-corrected chi connectivity index (χ3v) is 6.66. The van der Waals surface area contributed by atoms with Crippen molar-refractivity contribution in [2.75, 3.05) is 31.1 Å². The highest BCUT2D eigenvalue weighted by atomic mass is 32.2. The molecule has 0 bridgehead atoms. The van der Waals surface area contributed by atoms with E-state index in [0.717, 1.165) is 28.5 Å². The van der Waals surface area contributed by atoms with Gasteiger partial charge in [-0.05, 0) is 29.8 Å². The van der Waals surface area contributed by atoms with Crippen molar-refractivity contribution in [1.82, 2.24) is 19.9 Å². The summed E-state index contributed by atoms with van der Waals surface area (Å²) in [6.07, 6.45) is -0.866. The van der Waals surface area contributed by atoms with Crippen LogP contribution < -0.4 is 4.90 Å². The standard InChI is InChI=1S/C24H23N5O2S/c30-24(31)29-14-12-28(13-15-29)21-11-10-20-23(26-21)27-22(25-20)18-6-8-19(9-7-18)32-16-17-4-2-1-3-5-17/h1-11H,12-16H2,(H,30,31)(H,25,26,27). The van der Waals surface area contributed by atoms with Gasteiger partial charge in [0.15, 0.2) is 5.65 Å². The molecule has 2 aromatic carbocycles. The Balaban J connectivity index is 1.28. The maximum atomic E-state index is 11.1. The summed E-state index contributed by atoms with van der Waals surface area (Å²) >= 11 is 1.81. The highest BCUT2D eigenvalue weighted by Gasteiger charge is 2.21. The SMILES string of the molecule is O=C(O)N1CCN(c2ccc3[nH]c(-c4ccc(SCc5ccccc5)cc4)nc3n2)CC1. The van der Waals surface area contributed by atoms with E-state index in [9.17, 15) is 4.79 Å². The van der Waals surface area contributed by atoms with Crippen LogP contribution in [0.3, 0.4) is 0 Å². The van der Waals surface area contributed by atoms with E-state index in [2.05, 4.69) is 58.4 Å². The van der Waals surface area contributed by atoms with Gasteiger partial charge in [0, 0.05) is 42.4 Å². The van der Waals surface area contributed by atoms with E-state index in [1.807, 2.05) is 30.0 Å². The number of nitrogens with zero attached hydrogens (tertiary/aromatic N) is 4. The maximum Gasteiger partial charge on any atom is 0.407 e. The summed E-state index contributed by atoms with van der Waals surface area (Å²) in [4.78, 5) is 28.6. The highest BCUT2D eigenvalue weighted by Crippen LogP contribution is 2.27. The molecular weight excluding hydrogens is 422 g/mol. The summed E-state index contributed by atoms with van der Waals surface area (Å²) < 4.78 is 0. The minimum atomic E-state index is -0.866. The van der Waals surface area contributed by atoms with E-state index in [-0.39, 0.29) is 0 Å². The van der Waals surface area contributed by atoms with Crippen LogP contribution in [0.1, 0.15) is 5.56 Å². The average molecular weight is 446 g/mol. The lowest BCUT2D eigenvalue weighted by Gasteiger charge is -2.33. The van der Waals surface area contributed by atoms with Crippen LogP contribution in [0.2, 0.25) is 0 Å². The van der Waals surface area contributed by atoms with E-state index in [1.165, 1.54) is 15.4 Å². The average Bonchev–Trinajstić information content (AvgIpc) is 3.27. The number of piperazine rings is 1. The van der Waals surface area contributed by atoms with Crippen molar-refractivity contribution in [2.24, 2.45) is 0 Å². The van der Waals surface area contributed by atoms with Gasteiger partial charge < -0.3 is 19.9 Å². The Labute approximate surface area is 190 Å². The van der Waals surface area contributed by atoms with E-state index in [4.69, 9.17) is 15.1 Å². The van der Waals surface area contributed by atoms with Crippen molar-refractivity contribution in [3.05, 3.63) is 72.3 Å². The molecule has 0 radical (unpaired) electrons. The number of rotatable bonds is 5. The molecule has 7 nitrogen and oxygen atoms in total. The van der Waals surface area contributed by atoms with E-state index in [1.54, 1.807) is 0 Å². The predicted octanol–water partition coefficient (Wildman–Crippen LogP) is 4.72. The summed E-state index contributed by atoms with van der Waals surface area (Å²) in [7, 11) is 0. The van der Waals surface area contributed by atoms with Crippen LogP contribution in [0.4, 0.5) is 10.6 Å². The Morgan fingerprint density at radius 2 is 1.69 bits per heavy atom. The molecule has 1 aliphatic rings. The quantitative estimate of drug-likeness (QED) is 0.433. The molecule has 1 aliphatic heterocycles. The van der Waals surface area contributed by atoms with Crippen LogP contribution in [-0.4, -0.2) is 57.2 Å².